The number of nitrogens with one attached hydrogen (secondary N) is 3. The lowest BCUT2D eigenvalue weighted by atomic mass is 9.98. The Kier molecular flexibility index (Phi) is 7.33. The van der Waals surface area contributed by atoms with Crippen molar-refractivity contribution in [2.45, 2.75) is 31.7 Å². The second kappa shape index (κ2) is 10.6. The minimum Gasteiger partial charge on any atom is -0.481 e. The summed E-state index contributed by atoms with van der Waals surface area (Å²) in [5.41, 5.74) is 4.60. The number of rotatable bonds is 9. The first-order chi connectivity index (χ1) is 16.8. The number of benzene rings is 2. The molecule has 1 aliphatic heterocycles. The van der Waals surface area contributed by atoms with Crippen molar-refractivity contribution in [3.8, 4) is 11.1 Å². The summed E-state index contributed by atoms with van der Waals surface area (Å²) in [6.07, 6.45) is 0.120. The predicted octanol–water partition coefficient (Wildman–Crippen LogP) is 2.26. The molecular weight excluding hydrogens is 450 g/mol. The summed E-state index contributed by atoms with van der Waals surface area (Å²) in [6.45, 7) is 2.40. The van der Waals surface area contributed by atoms with Gasteiger partial charge in [-0.3, -0.25) is 14.4 Å². The summed E-state index contributed by atoms with van der Waals surface area (Å²) in [4.78, 5) is 47.6. The van der Waals surface area contributed by atoms with Crippen LogP contribution in [0.25, 0.3) is 11.1 Å². The van der Waals surface area contributed by atoms with Gasteiger partial charge < -0.3 is 25.8 Å². The standard InChI is InChI=1S/C26H29N3O6/c1-15(12-22(30)29-23-20(25(32)33)13-28-24(23)31)10-11-27-26(34)35-14-21-18-8-4-2-6-16(18)17-7-3-5-9-19(17)21/h2-9,15,20-21,23H,10-14H2,1H3,(H,27,34)(H,28,31)(H,29,30)(H,32,33). The number of carboxylic acid groups (broad SMARTS) is 1. The van der Waals surface area contributed by atoms with Crippen LogP contribution < -0.4 is 16.0 Å². The molecule has 3 atom stereocenters. The van der Waals surface area contributed by atoms with E-state index in [-0.39, 0.29) is 31.4 Å². The summed E-state index contributed by atoms with van der Waals surface area (Å²) in [5.74, 6) is -3.09. The van der Waals surface area contributed by atoms with Crippen molar-refractivity contribution in [2.24, 2.45) is 11.8 Å². The Hall–Kier alpha value is -3.88. The SMILES string of the molecule is CC(CCNC(=O)OCC1c2ccccc2-c2ccccc21)CC(=O)NC1C(=O)NCC1C(=O)O. The van der Waals surface area contributed by atoms with E-state index in [0.29, 0.717) is 13.0 Å². The van der Waals surface area contributed by atoms with Gasteiger partial charge >= 0.3 is 12.1 Å². The van der Waals surface area contributed by atoms with Crippen molar-refractivity contribution in [2.75, 3.05) is 19.7 Å². The largest absolute Gasteiger partial charge is 0.481 e. The molecule has 184 valence electrons. The number of alkyl carbamates (subject to hydrolysis) is 1. The van der Waals surface area contributed by atoms with E-state index in [1.165, 1.54) is 0 Å². The molecule has 4 rings (SSSR count). The van der Waals surface area contributed by atoms with Gasteiger partial charge in [0.1, 0.15) is 18.6 Å². The number of aliphatic carboxylic acids is 1. The maximum atomic E-state index is 12.3. The molecule has 4 N–H and O–H groups in total. The van der Waals surface area contributed by atoms with Crippen molar-refractivity contribution in [1.82, 2.24) is 16.0 Å². The molecule has 2 aromatic carbocycles. The second-order valence-electron chi connectivity index (χ2n) is 9.09. The van der Waals surface area contributed by atoms with Gasteiger partial charge in [0.25, 0.3) is 0 Å². The fourth-order valence-electron chi connectivity index (χ4n) is 4.74. The number of ether oxygens (including phenoxy) is 1. The highest BCUT2D eigenvalue weighted by Gasteiger charge is 2.40. The van der Waals surface area contributed by atoms with Gasteiger partial charge in [0.2, 0.25) is 11.8 Å². The first kappa shape index (κ1) is 24.3. The molecule has 9 heteroatoms. The lowest BCUT2D eigenvalue weighted by Gasteiger charge is -2.17. The van der Waals surface area contributed by atoms with Gasteiger partial charge in [0.05, 0.1) is 0 Å². The third-order valence-corrected chi connectivity index (χ3v) is 6.60. The molecule has 3 amide bonds. The van der Waals surface area contributed by atoms with Crippen LogP contribution in [-0.2, 0) is 19.1 Å². The number of carbonyl (C=O) groups is 4. The zero-order valence-corrected chi connectivity index (χ0v) is 19.5. The van der Waals surface area contributed by atoms with Gasteiger partial charge in [0.15, 0.2) is 0 Å². The van der Waals surface area contributed by atoms with Crippen LogP contribution in [0, 0.1) is 11.8 Å². The van der Waals surface area contributed by atoms with Gasteiger partial charge in [0, 0.05) is 25.4 Å². The van der Waals surface area contributed by atoms with Crippen molar-refractivity contribution in [3.05, 3.63) is 59.7 Å². The molecule has 2 aliphatic rings. The molecule has 1 heterocycles. The zero-order chi connectivity index (χ0) is 24.9. The van der Waals surface area contributed by atoms with Crippen LogP contribution in [0.1, 0.15) is 36.8 Å². The molecule has 0 aromatic heterocycles. The smallest absolute Gasteiger partial charge is 0.407 e. The summed E-state index contributed by atoms with van der Waals surface area (Å²) in [5, 5.41) is 16.9. The highest BCUT2D eigenvalue weighted by Crippen LogP contribution is 2.44. The maximum absolute atomic E-state index is 12.3. The number of fused-ring (bicyclic) bond motifs is 3. The van der Waals surface area contributed by atoms with Crippen LogP contribution in [0.3, 0.4) is 0 Å². The first-order valence-corrected chi connectivity index (χ1v) is 11.7. The molecule has 1 aliphatic carbocycles. The van der Waals surface area contributed by atoms with Gasteiger partial charge in [-0.1, -0.05) is 55.5 Å². The molecule has 1 saturated heterocycles. The van der Waals surface area contributed by atoms with Gasteiger partial charge in [-0.15, -0.1) is 0 Å². The Morgan fingerprint density at radius 2 is 1.71 bits per heavy atom. The molecule has 1 fully saturated rings. The Morgan fingerprint density at radius 3 is 2.34 bits per heavy atom. The van der Waals surface area contributed by atoms with Gasteiger partial charge in [-0.25, -0.2) is 4.79 Å². The quantitative estimate of drug-likeness (QED) is 0.436. The van der Waals surface area contributed by atoms with E-state index >= 15 is 0 Å². The van der Waals surface area contributed by atoms with E-state index in [1.54, 1.807) is 0 Å². The Morgan fingerprint density at radius 1 is 1.09 bits per heavy atom. The van der Waals surface area contributed by atoms with Crippen molar-refractivity contribution >= 4 is 23.9 Å². The number of carboxylic acids is 1. The molecule has 9 nitrogen and oxygen atoms in total. The third-order valence-electron chi connectivity index (χ3n) is 6.60. The molecule has 3 unspecified atom stereocenters. The fraction of sp³-hybridized carbons (Fsp3) is 0.385. The van der Waals surface area contributed by atoms with Crippen LogP contribution >= 0.6 is 0 Å². The maximum Gasteiger partial charge on any atom is 0.407 e. The highest BCUT2D eigenvalue weighted by atomic mass is 16.5. The molecule has 0 saturated carbocycles. The Bertz CT molecular complexity index is 1090. The Labute approximate surface area is 203 Å². The lowest BCUT2D eigenvalue weighted by Crippen LogP contribution is -2.45. The topological polar surface area (TPSA) is 134 Å². The third kappa shape index (κ3) is 5.45. The minimum absolute atomic E-state index is 0.00126. The van der Waals surface area contributed by atoms with E-state index in [4.69, 9.17) is 4.74 Å². The van der Waals surface area contributed by atoms with E-state index in [2.05, 4.69) is 40.2 Å². The average Bonchev–Trinajstić information content (AvgIpc) is 3.35. The zero-order valence-electron chi connectivity index (χ0n) is 19.5. The van der Waals surface area contributed by atoms with Crippen LogP contribution in [0.4, 0.5) is 4.79 Å². The normalized spacial score (nSPS) is 19.3. The lowest BCUT2D eigenvalue weighted by molar-refractivity contribution is -0.143. The summed E-state index contributed by atoms with van der Waals surface area (Å²) in [7, 11) is 0. The molecule has 0 radical (unpaired) electrons. The van der Waals surface area contributed by atoms with Crippen LogP contribution in [0.2, 0.25) is 0 Å². The van der Waals surface area contributed by atoms with Crippen molar-refractivity contribution in [3.63, 3.8) is 0 Å². The fourth-order valence-corrected chi connectivity index (χ4v) is 4.74. The minimum atomic E-state index is -1.13. The summed E-state index contributed by atoms with van der Waals surface area (Å²) in [6, 6.07) is 15.2. The van der Waals surface area contributed by atoms with Gasteiger partial charge in [-0.05, 0) is 34.6 Å². The first-order valence-electron chi connectivity index (χ1n) is 11.7. The van der Waals surface area contributed by atoms with E-state index < -0.39 is 35.8 Å². The number of carbonyl (C=O) groups excluding carboxylic acids is 3. The Balaban J connectivity index is 1.20. The summed E-state index contributed by atoms with van der Waals surface area (Å²) < 4.78 is 5.51. The summed E-state index contributed by atoms with van der Waals surface area (Å²) >= 11 is 0. The molecule has 35 heavy (non-hydrogen) atoms. The van der Waals surface area contributed by atoms with Gasteiger partial charge in [-0.2, -0.15) is 0 Å². The number of amides is 3. The van der Waals surface area contributed by atoms with Crippen molar-refractivity contribution < 1.29 is 29.0 Å². The van der Waals surface area contributed by atoms with Crippen LogP contribution in [-0.4, -0.2) is 54.7 Å². The number of hydrogen-bond donors (Lipinski definition) is 4. The average molecular weight is 480 g/mol. The van der Waals surface area contributed by atoms with E-state index in [0.717, 1.165) is 22.3 Å². The molecule has 0 bridgehead atoms. The monoisotopic (exact) mass is 479 g/mol. The molecule has 0 spiro atoms. The highest BCUT2D eigenvalue weighted by molar-refractivity contribution is 5.94. The predicted molar refractivity (Wildman–Crippen MR) is 128 cm³/mol. The van der Waals surface area contributed by atoms with E-state index in [1.807, 2.05) is 31.2 Å². The molecule has 2 aromatic rings. The number of hydrogen-bond acceptors (Lipinski definition) is 5. The van der Waals surface area contributed by atoms with E-state index in [9.17, 15) is 24.3 Å². The van der Waals surface area contributed by atoms with Crippen LogP contribution in [0.5, 0.6) is 0 Å². The second-order valence-corrected chi connectivity index (χ2v) is 9.09. The van der Waals surface area contributed by atoms with Crippen LogP contribution in [0.15, 0.2) is 48.5 Å². The van der Waals surface area contributed by atoms with Crippen molar-refractivity contribution in [1.29, 1.82) is 0 Å². The molecular formula is C26H29N3O6.